The fourth-order valence-corrected chi connectivity index (χ4v) is 3.55. The van der Waals surface area contributed by atoms with Crippen LogP contribution in [0.3, 0.4) is 0 Å². The van der Waals surface area contributed by atoms with Crippen molar-refractivity contribution in [3.63, 3.8) is 0 Å². The van der Waals surface area contributed by atoms with Crippen LogP contribution in [0.1, 0.15) is 46.0 Å². The molecule has 0 aromatic heterocycles. The molecule has 0 bridgehead atoms. The van der Waals surface area contributed by atoms with Crippen LogP contribution in [0.4, 0.5) is 0 Å². The molecule has 1 fully saturated rings. The lowest BCUT2D eigenvalue weighted by atomic mass is 9.90. The Labute approximate surface area is 158 Å². The van der Waals surface area contributed by atoms with Gasteiger partial charge in [0.2, 0.25) is 0 Å². The predicted molar refractivity (Wildman–Crippen MR) is 104 cm³/mol. The molecule has 4 nitrogen and oxygen atoms in total. The topological polar surface area (TPSA) is 63.4 Å². The third-order valence-electron chi connectivity index (χ3n) is 5.08. The van der Waals surface area contributed by atoms with Crippen molar-refractivity contribution >= 4 is 23.3 Å². The van der Waals surface area contributed by atoms with Crippen molar-refractivity contribution in [2.45, 2.75) is 25.8 Å². The maximum absolute atomic E-state index is 13.0. The Hall–Kier alpha value is -2.17. The average molecular weight is 371 g/mol. The van der Waals surface area contributed by atoms with Crippen LogP contribution < -0.4 is 5.73 Å². The predicted octanol–water partition coefficient (Wildman–Crippen LogP) is 3.77. The van der Waals surface area contributed by atoms with Crippen molar-refractivity contribution in [3.05, 3.63) is 70.2 Å². The molecule has 0 spiro atoms. The normalized spacial score (nSPS) is 16.3. The van der Waals surface area contributed by atoms with Crippen molar-refractivity contribution in [3.8, 4) is 0 Å². The lowest BCUT2D eigenvalue weighted by molar-refractivity contribution is 0.0677. The number of amides is 1. The van der Waals surface area contributed by atoms with E-state index in [4.69, 9.17) is 17.3 Å². The van der Waals surface area contributed by atoms with Gasteiger partial charge in [0.15, 0.2) is 5.78 Å². The molecule has 1 unspecified atom stereocenters. The number of likely N-dealkylation sites (tertiary alicyclic amines) is 1. The monoisotopic (exact) mass is 370 g/mol. The molecule has 0 radical (unpaired) electrons. The summed E-state index contributed by atoms with van der Waals surface area (Å²) in [4.78, 5) is 27.7. The lowest BCUT2D eigenvalue weighted by Crippen LogP contribution is -2.42. The number of nitrogens with two attached hydrogens (primary N) is 1. The maximum Gasteiger partial charge on any atom is 0.254 e. The summed E-state index contributed by atoms with van der Waals surface area (Å²) >= 11 is 5.90. The first-order valence-corrected chi connectivity index (χ1v) is 9.29. The summed E-state index contributed by atoms with van der Waals surface area (Å²) in [6.07, 6.45) is 1.80. The number of carbonyl (C=O) groups is 2. The molecule has 26 heavy (non-hydrogen) atoms. The van der Waals surface area contributed by atoms with E-state index >= 15 is 0 Å². The number of rotatable bonds is 4. The lowest BCUT2D eigenvalue weighted by Gasteiger charge is -2.34. The van der Waals surface area contributed by atoms with Gasteiger partial charge in [-0.2, -0.15) is 0 Å². The first-order valence-electron chi connectivity index (χ1n) is 8.91. The van der Waals surface area contributed by atoms with Crippen molar-refractivity contribution in [2.24, 2.45) is 11.7 Å². The quantitative estimate of drug-likeness (QED) is 0.833. The summed E-state index contributed by atoms with van der Waals surface area (Å²) in [7, 11) is 0. The van der Waals surface area contributed by atoms with Crippen LogP contribution in [0.15, 0.2) is 48.5 Å². The molecule has 0 aliphatic carbocycles. The number of ketones is 1. The maximum atomic E-state index is 13.0. The number of carbonyl (C=O) groups excluding carboxylic acids is 2. The summed E-state index contributed by atoms with van der Waals surface area (Å²) < 4.78 is 0. The molecule has 1 aliphatic heterocycles. The van der Waals surface area contributed by atoms with Crippen molar-refractivity contribution in [2.75, 3.05) is 13.1 Å². The number of hydrogen-bond donors (Lipinski definition) is 1. The molecule has 1 aliphatic rings. The molecule has 2 aromatic rings. The summed E-state index contributed by atoms with van der Waals surface area (Å²) in [6.45, 7) is 3.37. The van der Waals surface area contributed by atoms with Gasteiger partial charge in [-0.25, -0.2) is 0 Å². The molecule has 3 rings (SSSR count). The van der Waals surface area contributed by atoms with Crippen LogP contribution in [0.2, 0.25) is 5.02 Å². The van der Waals surface area contributed by atoms with Gasteiger partial charge in [-0.05, 0) is 56.0 Å². The van der Waals surface area contributed by atoms with E-state index in [1.54, 1.807) is 48.5 Å². The van der Waals surface area contributed by atoms with Gasteiger partial charge in [0.25, 0.3) is 5.91 Å². The van der Waals surface area contributed by atoms with Gasteiger partial charge >= 0.3 is 0 Å². The number of nitrogens with zero attached hydrogens (tertiary/aromatic N) is 1. The van der Waals surface area contributed by atoms with E-state index in [1.807, 2.05) is 11.8 Å². The Morgan fingerprint density at radius 2 is 1.62 bits per heavy atom. The van der Waals surface area contributed by atoms with Crippen molar-refractivity contribution < 1.29 is 9.59 Å². The van der Waals surface area contributed by atoms with Gasteiger partial charge in [0.05, 0.1) is 5.56 Å². The number of halogens is 1. The number of piperidine rings is 1. The Morgan fingerprint density at radius 3 is 2.19 bits per heavy atom. The van der Waals surface area contributed by atoms with E-state index in [2.05, 4.69) is 0 Å². The highest BCUT2D eigenvalue weighted by Gasteiger charge is 2.27. The van der Waals surface area contributed by atoms with Gasteiger partial charge in [-0.3, -0.25) is 9.59 Å². The highest BCUT2D eigenvalue weighted by molar-refractivity contribution is 6.30. The first-order chi connectivity index (χ1) is 12.5. The zero-order valence-corrected chi connectivity index (χ0v) is 15.6. The van der Waals surface area contributed by atoms with Gasteiger partial charge < -0.3 is 10.6 Å². The van der Waals surface area contributed by atoms with Gasteiger partial charge in [0.1, 0.15) is 0 Å². The molecule has 1 amide bonds. The second kappa shape index (κ2) is 8.02. The first kappa shape index (κ1) is 18.6. The Kier molecular flexibility index (Phi) is 5.74. The van der Waals surface area contributed by atoms with Crippen LogP contribution >= 0.6 is 11.6 Å². The van der Waals surface area contributed by atoms with Crippen LogP contribution in [0.5, 0.6) is 0 Å². The largest absolute Gasteiger partial charge is 0.339 e. The zero-order valence-electron chi connectivity index (χ0n) is 14.8. The molecule has 0 saturated carbocycles. The molecule has 1 heterocycles. The van der Waals surface area contributed by atoms with E-state index < -0.39 is 0 Å². The second-order valence-corrected chi connectivity index (χ2v) is 7.31. The molecule has 1 saturated heterocycles. The van der Waals surface area contributed by atoms with Crippen LogP contribution in [0.25, 0.3) is 0 Å². The van der Waals surface area contributed by atoms with E-state index in [-0.39, 0.29) is 17.7 Å². The highest BCUT2D eigenvalue weighted by atomic mass is 35.5. The molecular formula is C21H23ClN2O2. The van der Waals surface area contributed by atoms with Crippen molar-refractivity contribution in [1.29, 1.82) is 0 Å². The van der Waals surface area contributed by atoms with Crippen LogP contribution in [-0.4, -0.2) is 35.7 Å². The molecule has 2 aromatic carbocycles. The average Bonchev–Trinajstić information content (AvgIpc) is 2.67. The van der Waals surface area contributed by atoms with Gasteiger partial charge in [-0.15, -0.1) is 0 Å². The Morgan fingerprint density at radius 1 is 1.04 bits per heavy atom. The third kappa shape index (κ3) is 3.97. The SMILES string of the molecule is CC(N)C1CCN(C(=O)c2ccccc2C(=O)c2ccc(Cl)cc2)CC1. The van der Waals surface area contributed by atoms with Crippen LogP contribution in [-0.2, 0) is 0 Å². The molecular weight excluding hydrogens is 348 g/mol. The van der Waals surface area contributed by atoms with E-state index in [0.29, 0.717) is 40.7 Å². The molecule has 5 heteroatoms. The Balaban J connectivity index is 1.82. The van der Waals surface area contributed by atoms with Crippen molar-refractivity contribution in [1.82, 2.24) is 4.90 Å². The number of benzene rings is 2. The standard InChI is InChI=1S/C21H23ClN2O2/c1-14(23)15-10-12-24(13-11-15)21(26)19-5-3-2-4-18(19)20(25)16-6-8-17(22)9-7-16/h2-9,14-15H,10-13,23H2,1H3. The Bertz CT molecular complexity index is 794. The van der Waals surface area contributed by atoms with Crippen LogP contribution in [0, 0.1) is 5.92 Å². The minimum Gasteiger partial charge on any atom is -0.339 e. The zero-order chi connectivity index (χ0) is 18.7. The van der Waals surface area contributed by atoms with Gasteiger partial charge in [0, 0.05) is 35.3 Å². The summed E-state index contributed by atoms with van der Waals surface area (Å²) in [5.41, 5.74) is 7.38. The second-order valence-electron chi connectivity index (χ2n) is 6.87. The minimum absolute atomic E-state index is 0.0916. The minimum atomic E-state index is -0.170. The van der Waals surface area contributed by atoms with E-state index in [9.17, 15) is 9.59 Å². The molecule has 2 N–H and O–H groups in total. The third-order valence-corrected chi connectivity index (χ3v) is 5.33. The summed E-state index contributed by atoms with van der Waals surface area (Å²) in [5.74, 6) is 0.187. The summed E-state index contributed by atoms with van der Waals surface area (Å²) in [5, 5.41) is 0.572. The molecule has 1 atom stereocenters. The summed E-state index contributed by atoms with van der Waals surface area (Å²) in [6, 6.07) is 13.9. The van der Waals surface area contributed by atoms with E-state index in [0.717, 1.165) is 12.8 Å². The van der Waals surface area contributed by atoms with Gasteiger partial charge in [-0.1, -0.05) is 29.8 Å². The fraction of sp³-hybridized carbons (Fsp3) is 0.333. The smallest absolute Gasteiger partial charge is 0.254 e. The fourth-order valence-electron chi connectivity index (χ4n) is 3.42. The van der Waals surface area contributed by atoms with E-state index in [1.165, 1.54) is 0 Å². The molecule has 136 valence electrons. The number of hydrogen-bond acceptors (Lipinski definition) is 3. The highest BCUT2D eigenvalue weighted by Crippen LogP contribution is 2.23.